The van der Waals surface area contributed by atoms with Crippen molar-refractivity contribution in [3.63, 3.8) is 0 Å². The van der Waals surface area contributed by atoms with Gasteiger partial charge >= 0.3 is 6.18 Å². The third-order valence-electron chi connectivity index (χ3n) is 4.12. The first kappa shape index (κ1) is 18.1. The largest absolute Gasteiger partial charge is 0.417 e. The van der Waals surface area contributed by atoms with E-state index in [0.717, 1.165) is 44.4 Å². The molecule has 1 heterocycles. The Labute approximate surface area is 138 Å². The third-order valence-corrected chi connectivity index (χ3v) is 4.45. The highest BCUT2D eigenvalue weighted by Crippen LogP contribution is 2.36. The lowest BCUT2D eigenvalue weighted by molar-refractivity contribution is -0.137. The summed E-state index contributed by atoms with van der Waals surface area (Å²) in [5, 5.41) is 2.16. The number of likely N-dealkylation sites (tertiary alicyclic amines) is 1. The van der Waals surface area contributed by atoms with Gasteiger partial charge in [-0.2, -0.15) is 13.2 Å². The third kappa shape index (κ3) is 4.85. The van der Waals surface area contributed by atoms with E-state index in [0.29, 0.717) is 6.04 Å². The topological polar surface area (TPSA) is 32.3 Å². The molecule has 7 heteroatoms. The van der Waals surface area contributed by atoms with Crippen molar-refractivity contribution in [2.45, 2.75) is 44.8 Å². The maximum absolute atomic E-state index is 12.8. The van der Waals surface area contributed by atoms with Gasteiger partial charge in [0.1, 0.15) is 0 Å². The molecule has 2 rings (SSSR count). The highest BCUT2D eigenvalue weighted by molar-refractivity contribution is 6.31. The molecule has 1 aromatic carbocycles. The zero-order chi connectivity index (χ0) is 17.0. The average molecular weight is 349 g/mol. The quantitative estimate of drug-likeness (QED) is 0.865. The number of rotatable bonds is 4. The van der Waals surface area contributed by atoms with Crippen molar-refractivity contribution in [1.82, 2.24) is 4.90 Å². The van der Waals surface area contributed by atoms with Crippen LogP contribution in [-0.2, 0) is 11.0 Å². The lowest BCUT2D eigenvalue weighted by Crippen LogP contribution is -2.43. The highest BCUT2D eigenvalue weighted by Gasteiger charge is 2.33. The van der Waals surface area contributed by atoms with E-state index < -0.39 is 11.7 Å². The predicted molar refractivity (Wildman–Crippen MR) is 84.6 cm³/mol. The Kier molecular flexibility index (Phi) is 5.92. The van der Waals surface area contributed by atoms with Gasteiger partial charge in [-0.1, -0.05) is 24.9 Å². The van der Waals surface area contributed by atoms with Gasteiger partial charge in [0.05, 0.1) is 17.1 Å². The van der Waals surface area contributed by atoms with E-state index in [4.69, 9.17) is 11.6 Å². The summed E-state index contributed by atoms with van der Waals surface area (Å²) in [6.07, 6.45) is -0.320. The summed E-state index contributed by atoms with van der Waals surface area (Å²) in [6, 6.07) is 3.76. The Morgan fingerprint density at radius 2 is 2.13 bits per heavy atom. The number of alkyl halides is 3. The molecule has 1 aromatic rings. The Hall–Kier alpha value is -1.27. The van der Waals surface area contributed by atoms with E-state index in [1.165, 1.54) is 6.07 Å². The zero-order valence-electron chi connectivity index (χ0n) is 12.9. The number of carbonyl (C=O) groups is 1. The minimum Gasteiger partial charge on any atom is -0.325 e. The van der Waals surface area contributed by atoms with Crippen molar-refractivity contribution < 1.29 is 18.0 Å². The standard InChI is InChI=1S/C16H20ClF3N2O/c1-2-12-5-3-4-8-22(12)10-15(23)21-11-6-7-14(17)13(9-11)16(18,19)20/h6-7,9,12H,2-5,8,10H2,1H3,(H,21,23). The van der Waals surface area contributed by atoms with Crippen molar-refractivity contribution in [3.05, 3.63) is 28.8 Å². The van der Waals surface area contributed by atoms with Crippen molar-refractivity contribution >= 4 is 23.2 Å². The number of carbonyl (C=O) groups excluding carboxylic acids is 1. The molecule has 0 saturated carbocycles. The van der Waals surface area contributed by atoms with E-state index >= 15 is 0 Å². The molecule has 0 aliphatic carbocycles. The summed E-state index contributed by atoms with van der Waals surface area (Å²) < 4.78 is 38.5. The van der Waals surface area contributed by atoms with Crippen LogP contribution in [0.1, 0.15) is 38.2 Å². The van der Waals surface area contributed by atoms with Crippen LogP contribution in [0.4, 0.5) is 18.9 Å². The van der Waals surface area contributed by atoms with E-state index in [1.54, 1.807) is 0 Å². The highest BCUT2D eigenvalue weighted by atomic mass is 35.5. The normalized spacial score (nSPS) is 19.6. The molecule has 0 aromatic heterocycles. The van der Waals surface area contributed by atoms with Gasteiger partial charge in [0.25, 0.3) is 0 Å². The predicted octanol–water partition coefficient (Wildman–Crippen LogP) is 4.56. The number of benzene rings is 1. The monoisotopic (exact) mass is 348 g/mol. The molecule has 1 N–H and O–H groups in total. The minimum atomic E-state index is -4.54. The molecule has 1 aliphatic heterocycles. The van der Waals surface area contributed by atoms with Crippen molar-refractivity contribution in [2.24, 2.45) is 0 Å². The number of halogens is 4. The lowest BCUT2D eigenvalue weighted by atomic mass is 10.00. The Bertz CT molecular complexity index is 563. The van der Waals surface area contributed by atoms with Gasteiger partial charge in [0, 0.05) is 11.7 Å². The van der Waals surface area contributed by atoms with Crippen LogP contribution in [0.15, 0.2) is 18.2 Å². The maximum Gasteiger partial charge on any atom is 0.417 e. The Balaban J connectivity index is 2.03. The first-order valence-corrected chi connectivity index (χ1v) is 8.09. The Morgan fingerprint density at radius 3 is 2.78 bits per heavy atom. The lowest BCUT2D eigenvalue weighted by Gasteiger charge is -2.34. The van der Waals surface area contributed by atoms with Crippen molar-refractivity contribution in [3.8, 4) is 0 Å². The second-order valence-electron chi connectivity index (χ2n) is 5.77. The molecule has 1 aliphatic rings. The molecule has 0 radical (unpaired) electrons. The molecule has 0 spiro atoms. The molecular weight excluding hydrogens is 329 g/mol. The smallest absolute Gasteiger partial charge is 0.325 e. The first-order valence-electron chi connectivity index (χ1n) is 7.72. The van der Waals surface area contributed by atoms with E-state index in [-0.39, 0.29) is 23.2 Å². The summed E-state index contributed by atoms with van der Waals surface area (Å²) in [6.45, 7) is 3.12. The number of nitrogens with zero attached hydrogens (tertiary/aromatic N) is 1. The molecule has 1 fully saturated rings. The van der Waals surface area contributed by atoms with Crippen LogP contribution >= 0.6 is 11.6 Å². The first-order chi connectivity index (χ1) is 10.8. The van der Waals surface area contributed by atoms with Crippen LogP contribution in [0.25, 0.3) is 0 Å². The summed E-state index contributed by atoms with van der Waals surface area (Å²) >= 11 is 5.57. The second kappa shape index (κ2) is 7.53. The number of nitrogens with one attached hydrogen (secondary N) is 1. The summed E-state index contributed by atoms with van der Waals surface area (Å²) in [5.74, 6) is -0.305. The van der Waals surface area contributed by atoms with E-state index in [9.17, 15) is 18.0 Å². The number of anilines is 1. The van der Waals surface area contributed by atoms with Gasteiger partial charge in [0.2, 0.25) is 5.91 Å². The van der Waals surface area contributed by atoms with E-state index in [2.05, 4.69) is 17.1 Å². The van der Waals surface area contributed by atoms with Crippen LogP contribution in [0.5, 0.6) is 0 Å². The van der Waals surface area contributed by atoms with Gasteiger partial charge in [0.15, 0.2) is 0 Å². The molecule has 1 saturated heterocycles. The molecular formula is C16H20ClF3N2O. The summed E-state index contributed by atoms with van der Waals surface area (Å²) in [4.78, 5) is 14.2. The molecule has 3 nitrogen and oxygen atoms in total. The van der Waals surface area contributed by atoms with Gasteiger partial charge in [-0.3, -0.25) is 9.69 Å². The Morgan fingerprint density at radius 1 is 1.39 bits per heavy atom. The van der Waals surface area contributed by atoms with Crippen LogP contribution in [0, 0.1) is 0 Å². The fourth-order valence-corrected chi connectivity index (χ4v) is 3.16. The van der Waals surface area contributed by atoms with Gasteiger partial charge < -0.3 is 5.32 Å². The van der Waals surface area contributed by atoms with Crippen LogP contribution in [0.3, 0.4) is 0 Å². The van der Waals surface area contributed by atoms with Gasteiger partial charge in [-0.15, -0.1) is 0 Å². The summed E-state index contributed by atoms with van der Waals surface area (Å²) in [5.41, 5.74) is -0.835. The molecule has 1 amide bonds. The summed E-state index contributed by atoms with van der Waals surface area (Å²) in [7, 11) is 0. The maximum atomic E-state index is 12.8. The molecule has 23 heavy (non-hydrogen) atoms. The average Bonchev–Trinajstić information content (AvgIpc) is 2.48. The number of hydrogen-bond acceptors (Lipinski definition) is 2. The minimum absolute atomic E-state index is 0.108. The SMILES string of the molecule is CCC1CCCCN1CC(=O)Nc1ccc(Cl)c(C(F)(F)F)c1. The van der Waals surface area contributed by atoms with Gasteiger partial charge in [-0.25, -0.2) is 0 Å². The molecule has 1 atom stereocenters. The second-order valence-corrected chi connectivity index (χ2v) is 6.18. The molecule has 0 bridgehead atoms. The van der Waals surface area contributed by atoms with Crippen LogP contribution < -0.4 is 5.32 Å². The number of piperidine rings is 1. The van der Waals surface area contributed by atoms with Crippen molar-refractivity contribution in [2.75, 3.05) is 18.4 Å². The number of amides is 1. The van der Waals surface area contributed by atoms with E-state index in [1.807, 2.05) is 0 Å². The zero-order valence-corrected chi connectivity index (χ0v) is 13.7. The van der Waals surface area contributed by atoms with Gasteiger partial charge in [-0.05, 0) is 44.0 Å². The molecule has 1 unspecified atom stereocenters. The van der Waals surface area contributed by atoms with Crippen LogP contribution in [-0.4, -0.2) is 29.9 Å². The fraction of sp³-hybridized carbons (Fsp3) is 0.562. The number of hydrogen-bond donors (Lipinski definition) is 1. The fourth-order valence-electron chi connectivity index (χ4n) is 2.94. The molecule has 128 valence electrons. The van der Waals surface area contributed by atoms with Crippen LogP contribution in [0.2, 0.25) is 5.02 Å². The van der Waals surface area contributed by atoms with Crippen molar-refractivity contribution in [1.29, 1.82) is 0 Å².